The summed E-state index contributed by atoms with van der Waals surface area (Å²) in [6.45, 7) is 7.27. The van der Waals surface area contributed by atoms with E-state index in [1.54, 1.807) is 19.1 Å². The summed E-state index contributed by atoms with van der Waals surface area (Å²) in [4.78, 5) is 18.5. The van der Waals surface area contributed by atoms with Crippen LogP contribution in [0.4, 0.5) is 4.39 Å². The number of para-hydroxylation sites is 1. The van der Waals surface area contributed by atoms with Crippen molar-refractivity contribution in [2.24, 2.45) is 0 Å². The van der Waals surface area contributed by atoms with Crippen LogP contribution in [0.3, 0.4) is 0 Å². The smallest absolute Gasteiger partial charge is 0.393 e. The van der Waals surface area contributed by atoms with Crippen LogP contribution in [-0.4, -0.2) is 61.5 Å². The molecule has 2 unspecified atom stereocenters. The predicted octanol–water partition coefficient (Wildman–Crippen LogP) is 5.54. The molecule has 4 aromatic rings. The van der Waals surface area contributed by atoms with E-state index in [4.69, 9.17) is 35.2 Å². The first kappa shape index (κ1) is 28.8. The molecule has 2 saturated heterocycles. The highest BCUT2D eigenvalue weighted by Crippen LogP contribution is 2.50. The van der Waals surface area contributed by atoms with Crippen molar-refractivity contribution < 1.29 is 32.9 Å². The van der Waals surface area contributed by atoms with Crippen LogP contribution in [0.5, 0.6) is 11.5 Å². The number of nitrogens with zero attached hydrogens (tertiary/aromatic N) is 5. The number of carbonyl (C=O) groups is 1. The fraction of sp³-hybridized carbons (Fsp3) is 0.419. The van der Waals surface area contributed by atoms with Gasteiger partial charge in [-0.2, -0.15) is 0 Å². The standard InChI is InChI=1S/C31H31ClFN5O6/c1-17-26(28-35-36-29(42-28)30(39)40)34-25(38(17)15-20-10-13-41-20)16-37-11-8-18(9-12-37)21-4-3-5-24-27(21)44-31(2,43-24)22-7-6-19(32)14-23(22)33/h3-7,14,18,20H,8-13,15-16H2,1-2H3,(H,39,40). The number of aromatic nitrogens is 4. The number of carboxylic acids is 1. The molecule has 2 aromatic heterocycles. The van der Waals surface area contributed by atoms with E-state index in [1.807, 2.05) is 19.1 Å². The van der Waals surface area contributed by atoms with Gasteiger partial charge in [0.25, 0.3) is 11.7 Å². The second-order valence-electron chi connectivity index (χ2n) is 11.6. The predicted molar refractivity (Wildman–Crippen MR) is 155 cm³/mol. The van der Waals surface area contributed by atoms with Gasteiger partial charge < -0.3 is 28.3 Å². The minimum absolute atomic E-state index is 0.0822. The number of benzene rings is 2. The van der Waals surface area contributed by atoms with Gasteiger partial charge in [0.1, 0.15) is 17.3 Å². The largest absolute Gasteiger partial charge is 0.474 e. The molecule has 0 spiro atoms. The van der Waals surface area contributed by atoms with Gasteiger partial charge in [0.05, 0.1) is 24.8 Å². The van der Waals surface area contributed by atoms with E-state index in [1.165, 1.54) is 6.07 Å². The van der Waals surface area contributed by atoms with Gasteiger partial charge in [-0.05, 0) is 69.5 Å². The van der Waals surface area contributed by atoms with Crippen LogP contribution >= 0.6 is 11.6 Å². The van der Waals surface area contributed by atoms with Gasteiger partial charge in [-0.15, -0.1) is 10.2 Å². The molecule has 13 heteroatoms. The molecule has 0 saturated carbocycles. The number of aromatic carboxylic acids is 1. The number of piperidine rings is 1. The normalized spacial score (nSPS) is 21.9. The molecule has 5 heterocycles. The van der Waals surface area contributed by atoms with Gasteiger partial charge in [-0.25, -0.2) is 14.2 Å². The fourth-order valence-electron chi connectivity index (χ4n) is 6.23. The molecular formula is C31H31ClFN5O6. The number of halogens is 2. The molecular weight excluding hydrogens is 593 g/mol. The Morgan fingerprint density at radius 1 is 1.16 bits per heavy atom. The molecule has 2 aromatic carbocycles. The van der Waals surface area contributed by atoms with Crippen LogP contribution in [0.25, 0.3) is 11.6 Å². The van der Waals surface area contributed by atoms with Gasteiger partial charge in [0, 0.05) is 29.8 Å². The van der Waals surface area contributed by atoms with Crippen molar-refractivity contribution in [3.05, 3.63) is 75.8 Å². The summed E-state index contributed by atoms with van der Waals surface area (Å²) in [7, 11) is 0. The summed E-state index contributed by atoms with van der Waals surface area (Å²) in [5.74, 6) is -1.14. The van der Waals surface area contributed by atoms with E-state index >= 15 is 0 Å². The molecule has 1 N–H and O–H groups in total. The summed E-state index contributed by atoms with van der Waals surface area (Å²) in [6, 6.07) is 10.3. The van der Waals surface area contributed by atoms with Crippen molar-refractivity contribution in [3.8, 4) is 23.1 Å². The molecule has 0 amide bonds. The molecule has 230 valence electrons. The van der Waals surface area contributed by atoms with Crippen LogP contribution in [0.15, 0.2) is 40.8 Å². The molecule has 3 aliphatic rings. The molecule has 0 bridgehead atoms. The maximum absolute atomic E-state index is 14.8. The van der Waals surface area contributed by atoms with E-state index in [2.05, 4.69) is 25.7 Å². The van der Waals surface area contributed by atoms with Crippen molar-refractivity contribution in [1.82, 2.24) is 24.6 Å². The Balaban J connectivity index is 1.07. The molecule has 2 atom stereocenters. The van der Waals surface area contributed by atoms with Gasteiger partial charge in [-0.1, -0.05) is 23.7 Å². The number of hydrogen-bond acceptors (Lipinski definition) is 9. The summed E-state index contributed by atoms with van der Waals surface area (Å²) in [5.41, 5.74) is 2.64. The maximum atomic E-state index is 14.8. The SMILES string of the molecule is Cc1c(-c2nnc(C(=O)O)o2)nc(CN2CCC(c3cccc4c3OC(C)(c3ccc(Cl)cc3F)O4)CC2)n1CC1CCO1. The van der Waals surface area contributed by atoms with Gasteiger partial charge in [-0.3, -0.25) is 4.90 Å². The third kappa shape index (κ3) is 5.20. The molecule has 11 nitrogen and oxygen atoms in total. The first-order chi connectivity index (χ1) is 21.2. The molecule has 7 rings (SSSR count). The molecule has 2 fully saturated rings. The third-order valence-electron chi connectivity index (χ3n) is 8.71. The lowest BCUT2D eigenvalue weighted by Crippen LogP contribution is -2.35. The average molecular weight is 624 g/mol. The average Bonchev–Trinajstić information content (AvgIpc) is 3.67. The molecule has 44 heavy (non-hydrogen) atoms. The van der Waals surface area contributed by atoms with Crippen molar-refractivity contribution in [2.45, 2.75) is 64.0 Å². The minimum atomic E-state index is -1.30. The molecule has 0 aliphatic carbocycles. The van der Waals surface area contributed by atoms with E-state index in [0.717, 1.165) is 56.0 Å². The van der Waals surface area contributed by atoms with E-state index in [-0.39, 0.29) is 23.5 Å². The Hall–Kier alpha value is -4.00. The Morgan fingerprint density at radius 2 is 1.95 bits per heavy atom. The Morgan fingerprint density at radius 3 is 2.64 bits per heavy atom. The van der Waals surface area contributed by atoms with Crippen LogP contribution in [-0.2, 0) is 23.6 Å². The van der Waals surface area contributed by atoms with Crippen molar-refractivity contribution in [2.75, 3.05) is 19.7 Å². The number of hydrogen-bond donors (Lipinski definition) is 1. The number of imidazole rings is 1. The summed E-state index contributed by atoms with van der Waals surface area (Å²) >= 11 is 5.97. The van der Waals surface area contributed by atoms with Gasteiger partial charge in [0.15, 0.2) is 11.5 Å². The van der Waals surface area contributed by atoms with E-state index < -0.39 is 23.5 Å². The van der Waals surface area contributed by atoms with Crippen molar-refractivity contribution >= 4 is 17.6 Å². The monoisotopic (exact) mass is 623 g/mol. The highest BCUT2D eigenvalue weighted by molar-refractivity contribution is 6.30. The lowest BCUT2D eigenvalue weighted by Gasteiger charge is -2.33. The van der Waals surface area contributed by atoms with Crippen LogP contribution < -0.4 is 9.47 Å². The number of rotatable bonds is 8. The number of likely N-dealkylation sites (tertiary alicyclic amines) is 1. The lowest BCUT2D eigenvalue weighted by molar-refractivity contribution is -0.0712. The summed E-state index contributed by atoms with van der Waals surface area (Å²) in [6.07, 6.45) is 2.84. The first-order valence-electron chi connectivity index (χ1n) is 14.6. The maximum Gasteiger partial charge on any atom is 0.393 e. The number of fused-ring (bicyclic) bond motifs is 1. The van der Waals surface area contributed by atoms with Crippen molar-refractivity contribution in [1.29, 1.82) is 0 Å². The quantitative estimate of drug-likeness (QED) is 0.267. The van der Waals surface area contributed by atoms with E-state index in [9.17, 15) is 14.3 Å². The zero-order valence-electron chi connectivity index (χ0n) is 24.3. The van der Waals surface area contributed by atoms with Crippen LogP contribution in [0.1, 0.15) is 65.4 Å². The summed E-state index contributed by atoms with van der Waals surface area (Å²) in [5, 5.41) is 17.1. The van der Waals surface area contributed by atoms with Gasteiger partial charge in [0.2, 0.25) is 0 Å². The third-order valence-corrected chi connectivity index (χ3v) is 8.95. The zero-order chi connectivity index (χ0) is 30.6. The zero-order valence-corrected chi connectivity index (χ0v) is 25.0. The topological polar surface area (TPSA) is 125 Å². The lowest BCUT2D eigenvalue weighted by atomic mass is 9.88. The summed E-state index contributed by atoms with van der Waals surface area (Å²) < 4.78 is 40.5. The Kier molecular flexibility index (Phi) is 7.30. The first-order valence-corrected chi connectivity index (χ1v) is 15.0. The van der Waals surface area contributed by atoms with Crippen LogP contribution in [0.2, 0.25) is 5.02 Å². The molecule has 3 aliphatic heterocycles. The Labute approximate surface area is 257 Å². The van der Waals surface area contributed by atoms with Crippen molar-refractivity contribution in [3.63, 3.8) is 0 Å². The number of carboxylic acid groups (broad SMARTS) is 1. The highest BCUT2D eigenvalue weighted by atomic mass is 35.5. The fourth-order valence-corrected chi connectivity index (χ4v) is 6.39. The van der Waals surface area contributed by atoms with Crippen LogP contribution in [0, 0.1) is 12.7 Å². The second-order valence-corrected chi connectivity index (χ2v) is 12.0. The number of ether oxygens (including phenoxy) is 3. The Bertz CT molecular complexity index is 1730. The highest BCUT2D eigenvalue weighted by Gasteiger charge is 2.43. The van der Waals surface area contributed by atoms with Gasteiger partial charge >= 0.3 is 11.9 Å². The second kappa shape index (κ2) is 11.2. The molecule has 0 radical (unpaired) electrons. The minimum Gasteiger partial charge on any atom is -0.474 e. The van der Waals surface area contributed by atoms with E-state index in [0.29, 0.717) is 35.3 Å².